The zero-order valence-electron chi connectivity index (χ0n) is 21.7. The average molecular weight is 481 g/mol. The van der Waals surface area contributed by atoms with E-state index in [0.29, 0.717) is 0 Å². The monoisotopic (exact) mass is 480 g/mol. The Morgan fingerprint density at radius 1 is 0.432 bits per heavy atom. The first-order valence-electron chi connectivity index (χ1n) is 12.6. The van der Waals surface area contributed by atoms with E-state index in [1.54, 1.807) is 0 Å². The highest BCUT2D eigenvalue weighted by Crippen LogP contribution is 2.40. The molecule has 0 amide bonds. The van der Waals surface area contributed by atoms with Crippen LogP contribution in [0, 0.1) is 20.8 Å². The van der Waals surface area contributed by atoms with Crippen LogP contribution < -0.4 is 9.80 Å². The molecule has 0 atom stereocenters. The van der Waals surface area contributed by atoms with Gasteiger partial charge in [-0.25, -0.2) is 0 Å². The maximum Gasteiger partial charge on any atom is 0.0482 e. The Labute approximate surface area is 220 Å². The van der Waals surface area contributed by atoms with Gasteiger partial charge in [0.15, 0.2) is 0 Å². The molecule has 0 aliphatic rings. The molecule has 2 nitrogen and oxygen atoms in total. The maximum absolute atomic E-state index is 3.98. The third kappa shape index (κ3) is 5.34. The molecular weight excluding hydrogens is 448 g/mol. The number of benzene rings is 5. The topological polar surface area (TPSA) is 6.48 Å². The van der Waals surface area contributed by atoms with Gasteiger partial charge in [0.05, 0.1) is 0 Å². The number of hydrogen-bond donors (Lipinski definition) is 0. The number of rotatable bonds is 7. The van der Waals surface area contributed by atoms with E-state index >= 15 is 0 Å². The Kier molecular flexibility index (Phi) is 6.91. The van der Waals surface area contributed by atoms with Crippen LogP contribution in [-0.4, -0.2) is 0 Å². The molecule has 0 aromatic heterocycles. The van der Waals surface area contributed by atoms with E-state index in [4.69, 9.17) is 0 Å². The summed E-state index contributed by atoms with van der Waals surface area (Å²) in [6.45, 7) is 10.4. The summed E-state index contributed by atoms with van der Waals surface area (Å²) in [6.07, 6.45) is 1.89. The lowest BCUT2D eigenvalue weighted by Gasteiger charge is -2.30. The summed E-state index contributed by atoms with van der Waals surface area (Å²) in [7, 11) is 0. The van der Waals surface area contributed by atoms with Crippen molar-refractivity contribution >= 4 is 40.2 Å². The van der Waals surface area contributed by atoms with E-state index in [1.807, 2.05) is 6.08 Å². The summed E-state index contributed by atoms with van der Waals surface area (Å²) < 4.78 is 0. The molecule has 0 spiro atoms. The molecule has 5 rings (SSSR count). The quantitative estimate of drug-likeness (QED) is 0.229. The molecule has 182 valence electrons. The minimum absolute atomic E-state index is 1.09. The number of anilines is 6. The van der Waals surface area contributed by atoms with Crippen molar-refractivity contribution in [3.8, 4) is 0 Å². The smallest absolute Gasteiger partial charge is 0.0482 e. The van der Waals surface area contributed by atoms with E-state index in [1.165, 1.54) is 16.7 Å². The molecule has 0 saturated carbocycles. The molecule has 37 heavy (non-hydrogen) atoms. The summed E-state index contributed by atoms with van der Waals surface area (Å²) in [5, 5.41) is 0. The zero-order valence-corrected chi connectivity index (χ0v) is 21.7. The highest BCUT2D eigenvalue weighted by atomic mass is 15.2. The van der Waals surface area contributed by atoms with Crippen LogP contribution in [-0.2, 0) is 0 Å². The van der Waals surface area contributed by atoms with Crippen molar-refractivity contribution in [1.29, 1.82) is 0 Å². The molecule has 0 unspecified atom stereocenters. The van der Waals surface area contributed by atoms with Crippen molar-refractivity contribution in [3.05, 3.63) is 150 Å². The van der Waals surface area contributed by atoms with Gasteiger partial charge in [-0.05, 0) is 110 Å². The van der Waals surface area contributed by atoms with Crippen LogP contribution in [0.5, 0.6) is 0 Å². The average Bonchev–Trinajstić information content (AvgIpc) is 2.90. The Morgan fingerprint density at radius 3 is 1.14 bits per heavy atom. The molecule has 0 saturated heterocycles. The predicted octanol–water partition coefficient (Wildman–Crippen LogP) is 10.2. The Hall–Kier alpha value is -4.56. The molecule has 5 aromatic rings. The number of hydrogen-bond acceptors (Lipinski definition) is 2. The molecule has 0 N–H and O–H groups in total. The summed E-state index contributed by atoms with van der Waals surface area (Å²) >= 11 is 0. The molecule has 0 radical (unpaired) electrons. The molecular formula is C35H32N2. The van der Waals surface area contributed by atoms with Gasteiger partial charge >= 0.3 is 0 Å². The third-order valence-electron chi connectivity index (χ3n) is 6.49. The van der Waals surface area contributed by atoms with Gasteiger partial charge in [-0.3, -0.25) is 0 Å². The van der Waals surface area contributed by atoms with Crippen LogP contribution in [0.25, 0.3) is 6.08 Å². The number of nitrogens with zero attached hydrogens (tertiary/aromatic N) is 2. The van der Waals surface area contributed by atoms with Gasteiger partial charge in [-0.1, -0.05) is 67.3 Å². The van der Waals surface area contributed by atoms with Gasteiger partial charge in [0.2, 0.25) is 0 Å². The van der Waals surface area contributed by atoms with Gasteiger partial charge in [-0.2, -0.15) is 0 Å². The predicted molar refractivity (Wildman–Crippen MR) is 160 cm³/mol. The fourth-order valence-electron chi connectivity index (χ4n) is 4.76. The van der Waals surface area contributed by atoms with Gasteiger partial charge < -0.3 is 9.80 Å². The Balaban J connectivity index is 1.69. The highest BCUT2D eigenvalue weighted by Gasteiger charge is 2.17. The molecule has 0 aliphatic heterocycles. The second-order valence-corrected chi connectivity index (χ2v) is 9.51. The zero-order chi connectivity index (χ0) is 25.8. The van der Waals surface area contributed by atoms with E-state index in [2.05, 4.69) is 158 Å². The minimum Gasteiger partial charge on any atom is -0.310 e. The van der Waals surface area contributed by atoms with Gasteiger partial charge in [0, 0.05) is 34.1 Å². The Morgan fingerprint density at radius 2 is 0.757 bits per heavy atom. The summed E-state index contributed by atoms with van der Waals surface area (Å²) in [4.78, 5) is 4.65. The van der Waals surface area contributed by atoms with Crippen LogP contribution in [0.3, 0.4) is 0 Å². The SMILES string of the molecule is C=Cc1cccc(N(c2cccc(C)c2)c2cccc(N(c3cccc(C)c3)c3cccc(C)c3)c2)c1. The van der Waals surface area contributed by atoms with Crippen molar-refractivity contribution in [3.63, 3.8) is 0 Å². The van der Waals surface area contributed by atoms with Crippen LogP contribution in [0.4, 0.5) is 34.1 Å². The van der Waals surface area contributed by atoms with E-state index in [9.17, 15) is 0 Å². The van der Waals surface area contributed by atoms with Crippen molar-refractivity contribution in [1.82, 2.24) is 0 Å². The lowest BCUT2D eigenvalue weighted by Crippen LogP contribution is -2.13. The van der Waals surface area contributed by atoms with Crippen molar-refractivity contribution in [2.24, 2.45) is 0 Å². The Bertz CT molecular complexity index is 1500. The molecule has 2 heteroatoms. The fourth-order valence-corrected chi connectivity index (χ4v) is 4.76. The van der Waals surface area contributed by atoms with Crippen molar-refractivity contribution < 1.29 is 0 Å². The minimum atomic E-state index is 1.09. The molecule has 0 aliphatic carbocycles. The number of aryl methyl sites for hydroxylation is 3. The fraction of sp³-hybridized carbons (Fsp3) is 0.0857. The second kappa shape index (κ2) is 10.6. The second-order valence-electron chi connectivity index (χ2n) is 9.51. The largest absolute Gasteiger partial charge is 0.310 e. The van der Waals surface area contributed by atoms with Gasteiger partial charge in [0.25, 0.3) is 0 Å². The van der Waals surface area contributed by atoms with Crippen LogP contribution in [0.2, 0.25) is 0 Å². The van der Waals surface area contributed by atoms with Gasteiger partial charge in [-0.15, -0.1) is 0 Å². The van der Waals surface area contributed by atoms with Crippen LogP contribution >= 0.6 is 0 Å². The normalized spacial score (nSPS) is 10.7. The standard InChI is InChI=1S/C35H32N2/c1-5-29-14-9-18-33(24-29)37(32-17-8-13-28(4)23-32)35-20-10-19-34(25-35)36(30-15-6-11-26(2)21-30)31-16-7-12-27(3)22-31/h5-25H,1H2,2-4H3. The van der Waals surface area contributed by atoms with E-state index in [-0.39, 0.29) is 0 Å². The van der Waals surface area contributed by atoms with E-state index < -0.39 is 0 Å². The molecule has 0 bridgehead atoms. The lowest BCUT2D eigenvalue weighted by atomic mass is 10.1. The first kappa shape index (κ1) is 24.1. The summed E-state index contributed by atoms with van der Waals surface area (Å²) in [6, 6.07) is 43.3. The van der Waals surface area contributed by atoms with E-state index in [0.717, 1.165) is 39.7 Å². The highest BCUT2D eigenvalue weighted by molar-refractivity contribution is 5.83. The molecule has 5 aromatic carbocycles. The molecule has 0 fully saturated rings. The first-order chi connectivity index (χ1) is 18.0. The first-order valence-corrected chi connectivity index (χ1v) is 12.6. The maximum atomic E-state index is 3.98. The summed E-state index contributed by atoms with van der Waals surface area (Å²) in [5.41, 5.74) is 11.5. The molecule has 0 heterocycles. The van der Waals surface area contributed by atoms with Crippen molar-refractivity contribution in [2.75, 3.05) is 9.80 Å². The van der Waals surface area contributed by atoms with Gasteiger partial charge in [0.1, 0.15) is 0 Å². The third-order valence-corrected chi connectivity index (χ3v) is 6.49. The van der Waals surface area contributed by atoms with Crippen LogP contribution in [0.15, 0.2) is 128 Å². The lowest BCUT2D eigenvalue weighted by molar-refractivity contribution is 1.23. The van der Waals surface area contributed by atoms with Crippen molar-refractivity contribution in [2.45, 2.75) is 20.8 Å². The summed E-state index contributed by atoms with van der Waals surface area (Å²) in [5.74, 6) is 0. The van der Waals surface area contributed by atoms with Crippen LogP contribution in [0.1, 0.15) is 22.3 Å².